The minimum Gasteiger partial charge on any atom is -0.391 e. The van der Waals surface area contributed by atoms with Crippen molar-refractivity contribution in [3.8, 4) is 0 Å². The number of aromatic nitrogens is 3. The van der Waals surface area contributed by atoms with Crippen molar-refractivity contribution in [1.29, 1.82) is 0 Å². The van der Waals surface area contributed by atoms with Gasteiger partial charge in [-0.05, 0) is 43.1 Å². The smallest absolute Gasteiger partial charge is 0.248 e. The Morgan fingerprint density at radius 2 is 1.85 bits per heavy atom. The van der Waals surface area contributed by atoms with E-state index in [0.717, 1.165) is 51.0 Å². The van der Waals surface area contributed by atoms with Crippen LogP contribution in [0.15, 0.2) is 36.5 Å². The molecule has 1 aromatic heterocycles. The number of β-amino-alcohol motifs (C(OH)–C–C–N with tert-alkyl or cyclic N) is 1. The minimum absolute atomic E-state index is 0.139. The van der Waals surface area contributed by atoms with E-state index in [2.05, 4.69) is 44.8 Å². The number of amides is 2. The molecule has 0 spiro atoms. The van der Waals surface area contributed by atoms with E-state index in [1.54, 1.807) is 4.68 Å². The van der Waals surface area contributed by atoms with Crippen molar-refractivity contribution >= 4 is 11.8 Å². The summed E-state index contributed by atoms with van der Waals surface area (Å²) in [6, 6.07) is 9.23. The first-order chi connectivity index (χ1) is 19.7. The number of aliphatic hydroxyl groups excluding tert-OH is 1. The fourth-order valence-electron chi connectivity index (χ4n) is 6.05. The van der Waals surface area contributed by atoms with Crippen LogP contribution in [0, 0.1) is 5.41 Å². The summed E-state index contributed by atoms with van der Waals surface area (Å²) >= 11 is 0. The third-order valence-corrected chi connectivity index (χ3v) is 8.46. The van der Waals surface area contributed by atoms with Gasteiger partial charge in [0.25, 0.3) is 0 Å². The van der Waals surface area contributed by atoms with Gasteiger partial charge in [-0.1, -0.05) is 56.3 Å². The molecule has 2 amide bonds. The molecule has 1 aromatic carbocycles. The molecule has 3 aliphatic rings. The Labute approximate surface area is 243 Å². The van der Waals surface area contributed by atoms with E-state index >= 15 is 0 Å². The van der Waals surface area contributed by atoms with E-state index in [9.17, 15) is 14.7 Å². The summed E-state index contributed by atoms with van der Waals surface area (Å²) in [7, 11) is 0. The van der Waals surface area contributed by atoms with Crippen molar-refractivity contribution in [1.82, 2.24) is 30.1 Å². The average Bonchev–Trinajstić information content (AvgIpc) is 3.55. The van der Waals surface area contributed by atoms with Gasteiger partial charge in [0.05, 0.1) is 17.9 Å². The molecule has 3 fully saturated rings. The van der Waals surface area contributed by atoms with Gasteiger partial charge in [-0.25, -0.2) is 4.68 Å². The molecule has 5 rings (SSSR count). The van der Waals surface area contributed by atoms with Crippen LogP contribution in [0.1, 0.15) is 82.5 Å². The molecule has 0 radical (unpaired) electrons. The Morgan fingerprint density at radius 3 is 2.54 bits per heavy atom. The molecule has 1 aliphatic carbocycles. The number of nitrogens with zero attached hydrogens (tertiary/aromatic N) is 5. The van der Waals surface area contributed by atoms with Crippen LogP contribution in [0.5, 0.6) is 0 Å². The highest BCUT2D eigenvalue weighted by molar-refractivity contribution is 5.90. The molecule has 2 N–H and O–H groups in total. The van der Waals surface area contributed by atoms with Crippen LogP contribution in [0.4, 0.5) is 0 Å². The second-order valence-corrected chi connectivity index (χ2v) is 13.0. The number of rotatable bonds is 11. The molecular weight excluding hydrogens is 520 g/mol. The maximum Gasteiger partial charge on any atom is 0.248 e. The summed E-state index contributed by atoms with van der Waals surface area (Å²) in [5.41, 5.74) is 1.81. The van der Waals surface area contributed by atoms with Gasteiger partial charge >= 0.3 is 0 Å². The van der Waals surface area contributed by atoms with Gasteiger partial charge < -0.3 is 20.1 Å². The second kappa shape index (κ2) is 13.0. The maximum absolute atomic E-state index is 13.8. The molecule has 3 heterocycles. The van der Waals surface area contributed by atoms with E-state index in [-0.39, 0.29) is 30.9 Å². The molecule has 10 heteroatoms. The average molecular weight is 567 g/mol. The van der Waals surface area contributed by atoms with Gasteiger partial charge in [-0.15, -0.1) is 5.10 Å². The number of piperidine rings is 1. The van der Waals surface area contributed by atoms with Crippen LogP contribution < -0.4 is 5.32 Å². The first-order valence-electron chi connectivity index (χ1n) is 15.2. The van der Waals surface area contributed by atoms with Crippen molar-refractivity contribution in [2.24, 2.45) is 5.41 Å². The van der Waals surface area contributed by atoms with Crippen LogP contribution in [0.2, 0.25) is 0 Å². The largest absolute Gasteiger partial charge is 0.391 e. The van der Waals surface area contributed by atoms with Gasteiger partial charge in [-0.2, -0.15) is 0 Å². The van der Waals surface area contributed by atoms with Crippen molar-refractivity contribution < 1.29 is 19.4 Å². The predicted molar refractivity (Wildman–Crippen MR) is 155 cm³/mol. The molecule has 224 valence electrons. The first-order valence-corrected chi connectivity index (χ1v) is 15.2. The zero-order valence-electron chi connectivity index (χ0n) is 24.7. The van der Waals surface area contributed by atoms with Gasteiger partial charge in [0.1, 0.15) is 12.1 Å². The lowest BCUT2D eigenvalue weighted by Gasteiger charge is -2.34. The van der Waals surface area contributed by atoms with Crippen LogP contribution >= 0.6 is 0 Å². The number of nitrogens with one attached hydrogen (secondary N) is 1. The Balaban J connectivity index is 1.06. The second-order valence-electron chi connectivity index (χ2n) is 13.0. The third kappa shape index (κ3) is 7.72. The van der Waals surface area contributed by atoms with Crippen molar-refractivity contribution in [2.75, 3.05) is 32.8 Å². The van der Waals surface area contributed by atoms with Crippen LogP contribution in [0.25, 0.3) is 0 Å². The van der Waals surface area contributed by atoms with E-state index in [0.29, 0.717) is 25.5 Å². The molecule has 2 aliphatic heterocycles. The summed E-state index contributed by atoms with van der Waals surface area (Å²) in [5, 5.41) is 22.0. The highest BCUT2D eigenvalue weighted by Gasteiger charge is 2.45. The van der Waals surface area contributed by atoms with E-state index in [1.165, 1.54) is 10.5 Å². The molecule has 3 atom stereocenters. The number of ether oxygens (including phenoxy) is 1. The maximum atomic E-state index is 13.8. The Morgan fingerprint density at radius 1 is 1.12 bits per heavy atom. The number of hydrogen-bond acceptors (Lipinski definition) is 7. The minimum atomic E-state index is -0.732. The number of carbonyl (C=O) groups is 2. The Hall–Kier alpha value is -2.82. The summed E-state index contributed by atoms with van der Waals surface area (Å²) in [5.74, 6) is 0.000424. The monoisotopic (exact) mass is 566 g/mol. The molecule has 2 unspecified atom stereocenters. The molecule has 2 aromatic rings. The topological polar surface area (TPSA) is 113 Å². The molecule has 10 nitrogen and oxygen atoms in total. The van der Waals surface area contributed by atoms with E-state index in [4.69, 9.17) is 4.74 Å². The zero-order valence-corrected chi connectivity index (χ0v) is 24.7. The predicted octanol–water partition coefficient (Wildman–Crippen LogP) is 2.89. The zero-order chi connectivity index (χ0) is 29.0. The normalized spacial score (nSPS) is 23.1. The molecule has 0 bridgehead atoms. The lowest BCUT2D eigenvalue weighted by atomic mass is 9.85. The third-order valence-electron chi connectivity index (χ3n) is 8.46. The van der Waals surface area contributed by atoms with Gasteiger partial charge in [0, 0.05) is 57.9 Å². The number of carbonyl (C=O) groups excluding carboxylic acids is 2. The Bertz CT molecular complexity index is 1150. The summed E-state index contributed by atoms with van der Waals surface area (Å²) in [4.78, 5) is 31.0. The lowest BCUT2D eigenvalue weighted by molar-refractivity contribution is -0.144. The molecule has 1 saturated carbocycles. The molecule has 2 saturated heterocycles. The summed E-state index contributed by atoms with van der Waals surface area (Å²) < 4.78 is 7.76. The van der Waals surface area contributed by atoms with Crippen molar-refractivity contribution in [3.05, 3.63) is 47.8 Å². The quantitative estimate of drug-likeness (QED) is 0.402. The Kier molecular flexibility index (Phi) is 9.41. The number of hydrogen-bond donors (Lipinski definition) is 2. The summed E-state index contributed by atoms with van der Waals surface area (Å²) in [6.07, 6.45) is 6.56. The van der Waals surface area contributed by atoms with Gasteiger partial charge in [0.2, 0.25) is 11.8 Å². The van der Waals surface area contributed by atoms with Crippen molar-refractivity contribution in [3.63, 3.8) is 0 Å². The van der Waals surface area contributed by atoms with Gasteiger partial charge in [0.15, 0.2) is 0 Å². The first kappa shape index (κ1) is 29.7. The van der Waals surface area contributed by atoms with Crippen LogP contribution in [-0.2, 0) is 20.9 Å². The van der Waals surface area contributed by atoms with E-state index < -0.39 is 23.6 Å². The molecule has 41 heavy (non-hydrogen) atoms. The number of aliphatic hydroxyl groups is 1. The highest BCUT2D eigenvalue weighted by Crippen LogP contribution is 2.40. The summed E-state index contributed by atoms with van der Waals surface area (Å²) in [6.45, 7) is 10.2. The SMILES string of the molecule is CC(C)(C)[C@@H](C(=O)N1CC(O)CC1C(=O)NCCCOC1CCN(Cc2ccccc2)CC1)n1cc(C2CC2)nn1. The number of benzene rings is 1. The van der Waals surface area contributed by atoms with Crippen LogP contribution in [0.3, 0.4) is 0 Å². The van der Waals surface area contributed by atoms with Crippen molar-refractivity contribution in [2.45, 2.75) is 96.1 Å². The van der Waals surface area contributed by atoms with Crippen LogP contribution in [-0.4, -0.2) is 92.8 Å². The number of likely N-dealkylation sites (tertiary alicyclic amines) is 2. The van der Waals surface area contributed by atoms with Gasteiger partial charge in [-0.3, -0.25) is 14.5 Å². The fourth-order valence-corrected chi connectivity index (χ4v) is 6.05. The molecular formula is C31H46N6O4. The highest BCUT2D eigenvalue weighted by atomic mass is 16.5. The standard InChI is InChI=1S/C31H46N6O4/c1-31(2,3)28(37-21-26(33-34-37)23-10-11-23)30(40)36-20-24(38)18-27(36)29(39)32-14-7-17-41-25-12-15-35(16-13-25)19-22-8-5-4-6-9-22/h4-6,8-9,21,23-25,27-28,38H,7,10-20H2,1-3H3,(H,32,39)/t24?,27?,28-/m1/s1. The fraction of sp³-hybridized carbons (Fsp3) is 0.677. The van der Waals surface area contributed by atoms with E-state index in [1.807, 2.05) is 33.0 Å². The lowest BCUT2D eigenvalue weighted by Crippen LogP contribution is -2.50.